The Kier molecular flexibility index (Phi) is 6.54. The Morgan fingerprint density at radius 3 is 2.78 bits per heavy atom. The van der Waals surface area contributed by atoms with Gasteiger partial charge in [0.15, 0.2) is 11.5 Å². The average molecular weight is 253 g/mol. The van der Waals surface area contributed by atoms with E-state index in [0.29, 0.717) is 6.61 Å². The van der Waals surface area contributed by atoms with Crippen LogP contribution in [0.4, 0.5) is 0 Å². The van der Waals surface area contributed by atoms with Crippen molar-refractivity contribution in [3.8, 4) is 11.5 Å². The first-order valence-electron chi connectivity index (χ1n) is 6.33. The third kappa shape index (κ3) is 4.20. The first-order valence-corrected chi connectivity index (χ1v) is 6.33. The summed E-state index contributed by atoms with van der Waals surface area (Å²) in [5.41, 5.74) is 1.07. The molecule has 4 heteroatoms. The Hall–Kier alpha value is -1.26. The molecule has 0 fully saturated rings. The molecule has 0 spiro atoms. The lowest BCUT2D eigenvalue weighted by atomic mass is 10.1. The summed E-state index contributed by atoms with van der Waals surface area (Å²) >= 11 is 0. The van der Waals surface area contributed by atoms with Crippen LogP contribution in [0.2, 0.25) is 0 Å². The second kappa shape index (κ2) is 7.95. The molecule has 0 saturated carbocycles. The quantitative estimate of drug-likeness (QED) is 0.742. The van der Waals surface area contributed by atoms with E-state index in [-0.39, 0.29) is 12.5 Å². The van der Waals surface area contributed by atoms with Gasteiger partial charge in [-0.25, -0.2) is 0 Å². The molecule has 0 aliphatic heterocycles. The lowest BCUT2D eigenvalue weighted by Crippen LogP contribution is -2.16. The molecule has 0 amide bonds. The second-order valence-electron chi connectivity index (χ2n) is 4.33. The van der Waals surface area contributed by atoms with Crippen molar-refractivity contribution in [1.82, 2.24) is 5.32 Å². The lowest BCUT2D eigenvalue weighted by Gasteiger charge is -2.17. The van der Waals surface area contributed by atoms with Crippen LogP contribution in [0, 0.1) is 5.92 Å². The van der Waals surface area contributed by atoms with Gasteiger partial charge in [0.1, 0.15) is 0 Å². The van der Waals surface area contributed by atoms with Crippen LogP contribution >= 0.6 is 0 Å². The molecule has 1 rings (SSSR count). The number of hydrogen-bond acceptors (Lipinski definition) is 4. The van der Waals surface area contributed by atoms with Crippen LogP contribution in [0.5, 0.6) is 11.5 Å². The molecule has 1 atom stereocenters. The van der Waals surface area contributed by atoms with Gasteiger partial charge in [-0.15, -0.1) is 0 Å². The van der Waals surface area contributed by atoms with Crippen molar-refractivity contribution in [3.63, 3.8) is 0 Å². The van der Waals surface area contributed by atoms with Crippen LogP contribution in [0.1, 0.15) is 19.4 Å². The predicted octanol–water partition coefficient (Wildman–Crippen LogP) is 1.81. The number of ether oxygens (including phenoxy) is 2. The van der Waals surface area contributed by atoms with E-state index in [2.05, 4.69) is 12.2 Å². The molecule has 0 bridgehead atoms. The maximum atomic E-state index is 9.03. The maximum Gasteiger partial charge on any atom is 0.165 e. The van der Waals surface area contributed by atoms with Crippen LogP contribution in [0.15, 0.2) is 18.2 Å². The number of hydrogen-bond donors (Lipinski definition) is 2. The molecule has 1 aromatic rings. The van der Waals surface area contributed by atoms with E-state index >= 15 is 0 Å². The predicted molar refractivity (Wildman–Crippen MR) is 72.1 cm³/mol. The van der Waals surface area contributed by atoms with Gasteiger partial charge in [0, 0.05) is 24.6 Å². The number of rotatable bonds is 8. The van der Waals surface area contributed by atoms with Crippen molar-refractivity contribution in [1.29, 1.82) is 0 Å². The van der Waals surface area contributed by atoms with Gasteiger partial charge in [-0.2, -0.15) is 0 Å². The SMILES string of the molecule is CCNCc1cccc(OC)c1OCC(C)CO. The van der Waals surface area contributed by atoms with Gasteiger partial charge in [0.2, 0.25) is 0 Å². The average Bonchev–Trinajstić information content (AvgIpc) is 2.42. The van der Waals surface area contributed by atoms with Gasteiger partial charge in [0.05, 0.1) is 13.7 Å². The fourth-order valence-corrected chi connectivity index (χ4v) is 1.56. The Morgan fingerprint density at radius 1 is 1.39 bits per heavy atom. The molecule has 1 unspecified atom stereocenters. The van der Waals surface area contributed by atoms with Gasteiger partial charge in [-0.3, -0.25) is 0 Å². The molecular weight excluding hydrogens is 230 g/mol. The van der Waals surface area contributed by atoms with E-state index in [9.17, 15) is 0 Å². The molecule has 0 aliphatic rings. The molecule has 2 N–H and O–H groups in total. The van der Waals surface area contributed by atoms with Crippen molar-refractivity contribution in [2.45, 2.75) is 20.4 Å². The highest BCUT2D eigenvalue weighted by atomic mass is 16.5. The van der Waals surface area contributed by atoms with E-state index in [0.717, 1.165) is 30.2 Å². The minimum atomic E-state index is 0.113. The zero-order valence-electron chi connectivity index (χ0n) is 11.4. The molecule has 1 aromatic carbocycles. The lowest BCUT2D eigenvalue weighted by molar-refractivity contribution is 0.170. The van der Waals surface area contributed by atoms with E-state index in [4.69, 9.17) is 14.6 Å². The molecule has 102 valence electrons. The van der Waals surface area contributed by atoms with Crippen molar-refractivity contribution in [2.24, 2.45) is 5.92 Å². The largest absolute Gasteiger partial charge is 0.493 e. The number of para-hydroxylation sites is 1. The van der Waals surface area contributed by atoms with Crippen molar-refractivity contribution < 1.29 is 14.6 Å². The number of aliphatic hydroxyl groups is 1. The van der Waals surface area contributed by atoms with E-state index in [1.165, 1.54) is 0 Å². The molecule has 0 saturated heterocycles. The summed E-state index contributed by atoms with van der Waals surface area (Å²) in [6.07, 6.45) is 0. The summed E-state index contributed by atoms with van der Waals surface area (Å²) in [4.78, 5) is 0. The zero-order valence-corrected chi connectivity index (χ0v) is 11.4. The minimum absolute atomic E-state index is 0.113. The van der Waals surface area contributed by atoms with E-state index < -0.39 is 0 Å². The van der Waals surface area contributed by atoms with Crippen molar-refractivity contribution >= 4 is 0 Å². The van der Waals surface area contributed by atoms with E-state index in [1.54, 1.807) is 7.11 Å². The summed E-state index contributed by atoms with van der Waals surface area (Å²) < 4.78 is 11.1. The Bertz CT molecular complexity index is 355. The zero-order chi connectivity index (χ0) is 13.4. The minimum Gasteiger partial charge on any atom is -0.493 e. The van der Waals surface area contributed by atoms with Crippen LogP contribution in [-0.2, 0) is 6.54 Å². The number of methoxy groups -OCH3 is 1. The normalized spacial score (nSPS) is 12.2. The summed E-state index contributed by atoms with van der Waals surface area (Å²) in [5.74, 6) is 1.61. The highest BCUT2D eigenvalue weighted by molar-refractivity contribution is 5.46. The highest BCUT2D eigenvalue weighted by Crippen LogP contribution is 2.31. The fourth-order valence-electron chi connectivity index (χ4n) is 1.56. The van der Waals surface area contributed by atoms with Crippen molar-refractivity contribution in [3.05, 3.63) is 23.8 Å². The van der Waals surface area contributed by atoms with Gasteiger partial charge >= 0.3 is 0 Å². The number of aliphatic hydroxyl groups excluding tert-OH is 1. The maximum absolute atomic E-state index is 9.03. The standard InChI is InChI=1S/C14H23NO3/c1-4-15-8-12-6-5-7-13(17-3)14(12)18-10-11(2)9-16/h5-7,11,15-16H,4,8-10H2,1-3H3. The summed E-state index contributed by atoms with van der Waals surface area (Å²) in [6.45, 7) is 6.27. The Balaban J connectivity index is 2.82. The van der Waals surface area contributed by atoms with Gasteiger partial charge < -0.3 is 19.9 Å². The fraction of sp³-hybridized carbons (Fsp3) is 0.571. The molecule has 0 aliphatic carbocycles. The Morgan fingerprint density at radius 2 is 2.17 bits per heavy atom. The van der Waals surface area contributed by atoms with Crippen LogP contribution < -0.4 is 14.8 Å². The Labute approximate surface area is 109 Å². The first kappa shape index (κ1) is 14.8. The van der Waals surface area contributed by atoms with Crippen LogP contribution in [0.25, 0.3) is 0 Å². The van der Waals surface area contributed by atoms with Crippen molar-refractivity contribution in [2.75, 3.05) is 26.9 Å². The van der Waals surface area contributed by atoms with Gasteiger partial charge in [-0.05, 0) is 12.6 Å². The topological polar surface area (TPSA) is 50.7 Å². The summed E-state index contributed by atoms with van der Waals surface area (Å²) in [7, 11) is 1.63. The summed E-state index contributed by atoms with van der Waals surface area (Å²) in [5, 5.41) is 12.3. The third-order valence-corrected chi connectivity index (χ3v) is 2.67. The second-order valence-corrected chi connectivity index (χ2v) is 4.33. The molecule has 0 aromatic heterocycles. The molecule has 4 nitrogen and oxygen atoms in total. The molecule has 18 heavy (non-hydrogen) atoms. The third-order valence-electron chi connectivity index (χ3n) is 2.67. The number of nitrogens with one attached hydrogen (secondary N) is 1. The van der Waals surface area contributed by atoms with Gasteiger partial charge in [-0.1, -0.05) is 26.0 Å². The number of benzene rings is 1. The summed E-state index contributed by atoms with van der Waals surface area (Å²) in [6, 6.07) is 5.85. The highest BCUT2D eigenvalue weighted by Gasteiger charge is 2.11. The van der Waals surface area contributed by atoms with E-state index in [1.807, 2.05) is 25.1 Å². The van der Waals surface area contributed by atoms with Gasteiger partial charge in [0.25, 0.3) is 0 Å². The first-order chi connectivity index (χ1) is 8.72. The molecular formula is C14H23NO3. The van der Waals surface area contributed by atoms with Crippen LogP contribution in [0.3, 0.4) is 0 Å². The monoisotopic (exact) mass is 253 g/mol. The smallest absolute Gasteiger partial charge is 0.165 e. The van der Waals surface area contributed by atoms with Crippen LogP contribution in [-0.4, -0.2) is 32.0 Å². The molecule has 0 radical (unpaired) electrons. The molecule has 0 heterocycles.